The van der Waals surface area contributed by atoms with Crippen LogP contribution >= 0.6 is 23.6 Å². The Balaban J connectivity index is 1.79. The lowest BCUT2D eigenvalue weighted by molar-refractivity contribution is -0.139. The van der Waals surface area contributed by atoms with Crippen molar-refractivity contribution in [3.05, 3.63) is 52.0 Å². The molecule has 0 aliphatic heterocycles. The molecule has 23 heavy (non-hydrogen) atoms. The summed E-state index contributed by atoms with van der Waals surface area (Å²) >= 11 is 6.31. The van der Waals surface area contributed by atoms with Crippen molar-refractivity contribution in [1.29, 1.82) is 0 Å². The first-order valence-electron chi connectivity index (χ1n) is 6.68. The maximum absolute atomic E-state index is 11.7. The SMILES string of the molecule is O=C(NCC#Cc1nccs1)C(=O)NCc1ccccc1C=S. The van der Waals surface area contributed by atoms with Gasteiger partial charge in [-0.3, -0.25) is 9.59 Å². The molecule has 0 aliphatic carbocycles. The summed E-state index contributed by atoms with van der Waals surface area (Å²) in [6, 6.07) is 7.40. The molecule has 0 saturated carbocycles. The van der Waals surface area contributed by atoms with Crippen molar-refractivity contribution in [1.82, 2.24) is 15.6 Å². The van der Waals surface area contributed by atoms with Gasteiger partial charge in [0.15, 0.2) is 5.01 Å². The lowest BCUT2D eigenvalue weighted by Gasteiger charge is -2.07. The summed E-state index contributed by atoms with van der Waals surface area (Å²) in [4.78, 5) is 27.4. The molecule has 0 fully saturated rings. The Morgan fingerprint density at radius 3 is 2.78 bits per heavy atom. The van der Waals surface area contributed by atoms with Gasteiger partial charge in [0.1, 0.15) is 0 Å². The predicted molar refractivity (Wildman–Crippen MR) is 93.0 cm³/mol. The molecule has 0 spiro atoms. The van der Waals surface area contributed by atoms with Crippen LogP contribution < -0.4 is 10.6 Å². The summed E-state index contributed by atoms with van der Waals surface area (Å²) in [5, 5.41) is 9.00. The van der Waals surface area contributed by atoms with Gasteiger partial charge < -0.3 is 10.6 Å². The van der Waals surface area contributed by atoms with Crippen LogP contribution in [0.1, 0.15) is 16.1 Å². The molecule has 2 amide bonds. The van der Waals surface area contributed by atoms with E-state index in [2.05, 4.69) is 27.5 Å². The molecule has 0 bridgehead atoms. The van der Waals surface area contributed by atoms with Crippen LogP contribution in [0, 0.1) is 11.8 Å². The van der Waals surface area contributed by atoms with Gasteiger partial charge in [0.25, 0.3) is 0 Å². The number of benzene rings is 1. The fraction of sp³-hybridized carbons (Fsp3) is 0.125. The van der Waals surface area contributed by atoms with Gasteiger partial charge in [-0.1, -0.05) is 42.4 Å². The van der Waals surface area contributed by atoms with Crippen LogP contribution in [0.4, 0.5) is 0 Å². The number of aromatic nitrogens is 1. The fourth-order valence-corrected chi connectivity index (χ4v) is 2.41. The largest absolute Gasteiger partial charge is 0.344 e. The van der Waals surface area contributed by atoms with Gasteiger partial charge in [0.2, 0.25) is 0 Å². The topological polar surface area (TPSA) is 71.1 Å². The van der Waals surface area contributed by atoms with Crippen LogP contribution in [-0.2, 0) is 16.1 Å². The minimum Gasteiger partial charge on any atom is -0.344 e. The highest BCUT2D eigenvalue weighted by molar-refractivity contribution is 7.79. The van der Waals surface area contributed by atoms with Crippen molar-refractivity contribution in [3.8, 4) is 11.8 Å². The second-order valence-electron chi connectivity index (χ2n) is 4.32. The number of hydrogen-bond acceptors (Lipinski definition) is 5. The molecule has 2 rings (SSSR count). The maximum atomic E-state index is 11.7. The number of hydrogen-bond donors (Lipinski definition) is 2. The van der Waals surface area contributed by atoms with E-state index < -0.39 is 11.8 Å². The first-order chi connectivity index (χ1) is 11.2. The van der Waals surface area contributed by atoms with Crippen molar-refractivity contribution >= 4 is 40.7 Å². The Morgan fingerprint density at radius 1 is 1.26 bits per heavy atom. The average Bonchev–Trinajstić information content (AvgIpc) is 3.10. The molecule has 1 aromatic carbocycles. The highest BCUT2D eigenvalue weighted by Gasteiger charge is 2.12. The Kier molecular flexibility index (Phi) is 6.41. The van der Waals surface area contributed by atoms with Gasteiger partial charge in [-0.15, -0.1) is 11.3 Å². The summed E-state index contributed by atoms with van der Waals surface area (Å²) in [6.07, 6.45) is 1.65. The van der Waals surface area contributed by atoms with Crippen LogP contribution in [0.3, 0.4) is 0 Å². The molecule has 0 unspecified atom stereocenters. The van der Waals surface area contributed by atoms with Crippen LogP contribution in [0.25, 0.3) is 0 Å². The molecule has 0 saturated heterocycles. The van der Waals surface area contributed by atoms with E-state index in [0.717, 1.165) is 11.1 Å². The van der Waals surface area contributed by atoms with Crippen LogP contribution in [-0.4, -0.2) is 28.7 Å². The third-order valence-corrected chi connectivity index (χ3v) is 3.74. The summed E-state index contributed by atoms with van der Waals surface area (Å²) in [6.45, 7) is 0.322. The molecule has 2 aromatic rings. The van der Waals surface area contributed by atoms with E-state index in [1.165, 1.54) is 16.7 Å². The molecule has 116 valence electrons. The zero-order chi connectivity index (χ0) is 16.5. The second kappa shape index (κ2) is 8.78. The third-order valence-electron chi connectivity index (χ3n) is 2.79. The molecule has 0 atom stereocenters. The van der Waals surface area contributed by atoms with Gasteiger partial charge in [0.05, 0.1) is 6.54 Å². The lowest BCUT2D eigenvalue weighted by Crippen LogP contribution is -2.39. The van der Waals surface area contributed by atoms with E-state index >= 15 is 0 Å². The van der Waals surface area contributed by atoms with E-state index in [-0.39, 0.29) is 13.1 Å². The van der Waals surface area contributed by atoms with E-state index in [4.69, 9.17) is 12.2 Å². The normalized spacial score (nSPS) is 9.39. The Bertz CT molecular complexity index is 761. The quantitative estimate of drug-likeness (QED) is 0.498. The minimum absolute atomic E-state index is 0.0857. The predicted octanol–water partition coefficient (Wildman–Crippen LogP) is 1.27. The van der Waals surface area contributed by atoms with E-state index in [1.807, 2.05) is 29.6 Å². The van der Waals surface area contributed by atoms with E-state index in [0.29, 0.717) is 5.01 Å². The standard InChI is InChI=1S/C16H13N3O2S2/c20-15(18-7-3-6-14-17-8-9-23-14)16(21)19-10-12-4-1-2-5-13(12)11-22/h1-2,4-5,8-9,11H,7,10H2,(H,18,20)(H,19,21). The van der Waals surface area contributed by atoms with Gasteiger partial charge in [0, 0.05) is 23.5 Å². The number of nitrogens with one attached hydrogen (secondary N) is 2. The molecule has 0 aliphatic rings. The highest BCUT2D eigenvalue weighted by Crippen LogP contribution is 2.05. The minimum atomic E-state index is -0.724. The average molecular weight is 343 g/mol. The van der Waals surface area contributed by atoms with Gasteiger partial charge in [-0.2, -0.15) is 0 Å². The molecular formula is C16H13N3O2S2. The number of rotatable bonds is 4. The van der Waals surface area contributed by atoms with Crippen molar-refractivity contribution in [2.75, 3.05) is 6.54 Å². The number of carbonyl (C=O) groups is 2. The molecular weight excluding hydrogens is 330 g/mol. The fourth-order valence-electron chi connectivity index (χ4n) is 1.68. The molecule has 7 heteroatoms. The Hall–Kier alpha value is -2.56. The summed E-state index contributed by atoms with van der Waals surface area (Å²) < 4.78 is 0. The zero-order valence-corrected chi connectivity index (χ0v) is 13.7. The summed E-state index contributed by atoms with van der Waals surface area (Å²) in [5.41, 5.74) is 1.70. The smallest absolute Gasteiger partial charge is 0.310 e. The Morgan fingerprint density at radius 2 is 2.04 bits per heavy atom. The van der Waals surface area contributed by atoms with Crippen LogP contribution in [0.5, 0.6) is 0 Å². The first kappa shape index (κ1) is 16.8. The maximum Gasteiger partial charge on any atom is 0.310 e. The van der Waals surface area contributed by atoms with Crippen molar-refractivity contribution in [2.24, 2.45) is 0 Å². The van der Waals surface area contributed by atoms with Crippen LogP contribution in [0.15, 0.2) is 35.8 Å². The second-order valence-corrected chi connectivity index (χ2v) is 5.45. The summed E-state index contributed by atoms with van der Waals surface area (Å²) in [7, 11) is 0. The Labute approximate surface area is 143 Å². The molecule has 2 N–H and O–H groups in total. The molecule has 1 aromatic heterocycles. The monoisotopic (exact) mass is 343 g/mol. The number of amides is 2. The van der Waals surface area contributed by atoms with Gasteiger partial charge in [-0.25, -0.2) is 4.98 Å². The number of carbonyl (C=O) groups excluding carboxylic acids is 2. The van der Waals surface area contributed by atoms with Crippen molar-refractivity contribution < 1.29 is 9.59 Å². The lowest BCUT2D eigenvalue weighted by atomic mass is 10.1. The van der Waals surface area contributed by atoms with E-state index in [9.17, 15) is 9.59 Å². The van der Waals surface area contributed by atoms with Gasteiger partial charge >= 0.3 is 11.8 Å². The van der Waals surface area contributed by atoms with E-state index in [1.54, 1.807) is 6.20 Å². The summed E-state index contributed by atoms with van der Waals surface area (Å²) in [5.74, 6) is 4.09. The van der Waals surface area contributed by atoms with Crippen LogP contribution in [0.2, 0.25) is 0 Å². The number of thiazole rings is 1. The first-order valence-corrected chi connectivity index (χ1v) is 8.03. The highest BCUT2D eigenvalue weighted by atomic mass is 32.1. The molecule has 5 nitrogen and oxygen atoms in total. The zero-order valence-electron chi connectivity index (χ0n) is 12.0. The number of thiocarbonyl (C=S) groups is 1. The third kappa shape index (κ3) is 5.29. The number of nitrogens with zero attached hydrogens (tertiary/aromatic N) is 1. The van der Waals surface area contributed by atoms with Gasteiger partial charge in [-0.05, 0) is 17.0 Å². The van der Waals surface area contributed by atoms with Crippen molar-refractivity contribution in [3.63, 3.8) is 0 Å². The molecule has 1 heterocycles. The molecule has 0 radical (unpaired) electrons. The van der Waals surface area contributed by atoms with Crippen molar-refractivity contribution in [2.45, 2.75) is 6.54 Å².